The molecular weight excluding hydrogens is 266 g/mol. The number of amides is 1. The minimum absolute atomic E-state index is 0.131. The first-order chi connectivity index (χ1) is 10.1. The van der Waals surface area contributed by atoms with Crippen molar-refractivity contribution in [2.45, 2.75) is 32.6 Å². The number of likely N-dealkylation sites (tertiary alicyclic amines) is 1. The fourth-order valence-electron chi connectivity index (χ4n) is 2.75. The van der Waals surface area contributed by atoms with Crippen LogP contribution in [0, 0.1) is 6.92 Å². The lowest BCUT2D eigenvalue weighted by molar-refractivity contribution is -0.130. The second-order valence-electron chi connectivity index (χ2n) is 5.57. The molecule has 0 radical (unpaired) electrons. The minimum Gasteiger partial charge on any atom is -0.342 e. The molecule has 21 heavy (non-hydrogen) atoms. The summed E-state index contributed by atoms with van der Waals surface area (Å²) in [6.45, 7) is 5.15. The molecular formula is C15H19N5O. The topological polar surface area (TPSA) is 74.8 Å². The van der Waals surface area contributed by atoms with Crippen LogP contribution in [0.25, 0.3) is 11.4 Å². The Balaban J connectivity index is 1.84. The highest BCUT2D eigenvalue weighted by Crippen LogP contribution is 2.26. The smallest absolute Gasteiger partial charge is 0.219 e. The minimum atomic E-state index is 0.131. The molecule has 0 aromatic carbocycles. The van der Waals surface area contributed by atoms with Gasteiger partial charge in [0.15, 0.2) is 0 Å². The van der Waals surface area contributed by atoms with E-state index < -0.39 is 0 Å². The van der Waals surface area contributed by atoms with E-state index in [2.05, 4.69) is 15.2 Å². The predicted octanol–water partition coefficient (Wildman–Crippen LogP) is 1.90. The van der Waals surface area contributed by atoms with Crippen molar-refractivity contribution < 1.29 is 4.79 Å². The summed E-state index contributed by atoms with van der Waals surface area (Å²) in [4.78, 5) is 22.4. The van der Waals surface area contributed by atoms with Gasteiger partial charge in [0, 0.05) is 37.8 Å². The van der Waals surface area contributed by atoms with Crippen molar-refractivity contribution in [3.8, 4) is 11.4 Å². The molecule has 0 saturated carbocycles. The molecule has 0 spiro atoms. The number of hydrogen-bond donors (Lipinski definition) is 1. The van der Waals surface area contributed by atoms with Crippen molar-refractivity contribution in [1.29, 1.82) is 0 Å². The molecule has 1 aliphatic heterocycles. The van der Waals surface area contributed by atoms with Crippen LogP contribution >= 0.6 is 0 Å². The van der Waals surface area contributed by atoms with E-state index in [9.17, 15) is 4.79 Å². The van der Waals surface area contributed by atoms with Crippen LogP contribution in [-0.4, -0.2) is 44.1 Å². The lowest BCUT2D eigenvalue weighted by atomic mass is 9.95. The number of hydrogen-bond acceptors (Lipinski definition) is 4. The van der Waals surface area contributed by atoms with E-state index in [0.29, 0.717) is 0 Å². The van der Waals surface area contributed by atoms with E-state index >= 15 is 0 Å². The van der Waals surface area contributed by atoms with E-state index in [1.807, 2.05) is 17.9 Å². The van der Waals surface area contributed by atoms with Gasteiger partial charge >= 0.3 is 0 Å². The van der Waals surface area contributed by atoms with E-state index in [0.717, 1.165) is 48.7 Å². The van der Waals surface area contributed by atoms with Gasteiger partial charge in [0.2, 0.25) is 5.91 Å². The van der Waals surface area contributed by atoms with Gasteiger partial charge in [-0.2, -0.15) is 5.10 Å². The van der Waals surface area contributed by atoms with Crippen molar-refractivity contribution in [2.75, 3.05) is 13.1 Å². The molecule has 2 aromatic rings. The van der Waals surface area contributed by atoms with Crippen LogP contribution in [0.1, 0.15) is 37.1 Å². The molecule has 1 amide bonds. The van der Waals surface area contributed by atoms with Gasteiger partial charge in [-0.1, -0.05) is 0 Å². The largest absolute Gasteiger partial charge is 0.342 e. The Morgan fingerprint density at radius 2 is 2.24 bits per heavy atom. The number of carbonyl (C=O) groups excluding carboxylic acids is 1. The Bertz CT molecular complexity index is 651. The Morgan fingerprint density at radius 1 is 1.38 bits per heavy atom. The first-order valence-corrected chi connectivity index (χ1v) is 7.23. The monoisotopic (exact) mass is 285 g/mol. The summed E-state index contributed by atoms with van der Waals surface area (Å²) in [5, 5.41) is 7.14. The standard InChI is InChI=1S/C15H19N5O/c1-10-6-13(19-18-10)15-8-16-7-14(17-15)12-4-3-5-20(9-12)11(2)21/h6-8,12H,3-5,9H2,1-2H3,(H,18,19). The summed E-state index contributed by atoms with van der Waals surface area (Å²) in [5.74, 6) is 0.391. The normalized spacial score (nSPS) is 18.8. The SMILES string of the molecule is CC(=O)N1CCCC(c2cncc(-c3cc(C)[nH]n3)n2)C1. The van der Waals surface area contributed by atoms with E-state index in [-0.39, 0.29) is 11.8 Å². The van der Waals surface area contributed by atoms with Gasteiger partial charge in [0.1, 0.15) is 11.4 Å². The zero-order valence-corrected chi connectivity index (χ0v) is 12.3. The number of carbonyl (C=O) groups is 1. The molecule has 110 valence electrons. The summed E-state index contributed by atoms with van der Waals surface area (Å²) in [6, 6.07) is 1.95. The highest BCUT2D eigenvalue weighted by molar-refractivity contribution is 5.73. The molecule has 1 aliphatic rings. The average molecular weight is 285 g/mol. The maximum atomic E-state index is 11.5. The number of piperidine rings is 1. The Hall–Kier alpha value is -2.24. The maximum absolute atomic E-state index is 11.5. The summed E-state index contributed by atoms with van der Waals surface area (Å²) < 4.78 is 0. The fraction of sp³-hybridized carbons (Fsp3) is 0.467. The third kappa shape index (κ3) is 2.94. The number of nitrogens with zero attached hydrogens (tertiary/aromatic N) is 4. The molecule has 6 heteroatoms. The predicted molar refractivity (Wildman–Crippen MR) is 78.6 cm³/mol. The van der Waals surface area contributed by atoms with Crippen LogP contribution in [0.5, 0.6) is 0 Å². The maximum Gasteiger partial charge on any atom is 0.219 e. The first-order valence-electron chi connectivity index (χ1n) is 7.23. The molecule has 1 saturated heterocycles. The second-order valence-corrected chi connectivity index (χ2v) is 5.57. The van der Waals surface area contributed by atoms with E-state index in [1.165, 1.54) is 0 Å². The Labute approximate surface area is 123 Å². The van der Waals surface area contributed by atoms with Gasteiger partial charge in [0.25, 0.3) is 0 Å². The molecule has 1 N–H and O–H groups in total. The van der Waals surface area contributed by atoms with E-state index in [1.54, 1.807) is 19.3 Å². The Kier molecular flexibility index (Phi) is 3.68. The molecule has 0 aliphatic carbocycles. The van der Waals surface area contributed by atoms with Crippen LogP contribution in [0.2, 0.25) is 0 Å². The number of rotatable bonds is 2. The fourth-order valence-corrected chi connectivity index (χ4v) is 2.75. The van der Waals surface area contributed by atoms with Crippen molar-refractivity contribution in [2.24, 2.45) is 0 Å². The molecule has 3 heterocycles. The molecule has 3 rings (SSSR count). The highest BCUT2D eigenvalue weighted by Gasteiger charge is 2.24. The van der Waals surface area contributed by atoms with Crippen LogP contribution in [0.15, 0.2) is 18.5 Å². The summed E-state index contributed by atoms with van der Waals surface area (Å²) >= 11 is 0. The number of H-pyrrole nitrogens is 1. The van der Waals surface area contributed by atoms with Crippen LogP contribution in [-0.2, 0) is 4.79 Å². The lowest BCUT2D eigenvalue weighted by Gasteiger charge is -2.31. The highest BCUT2D eigenvalue weighted by atomic mass is 16.2. The molecule has 6 nitrogen and oxygen atoms in total. The van der Waals surface area contributed by atoms with E-state index in [4.69, 9.17) is 4.98 Å². The number of nitrogens with one attached hydrogen (secondary N) is 1. The summed E-state index contributed by atoms with van der Waals surface area (Å²) in [5.41, 5.74) is 3.52. The molecule has 1 atom stereocenters. The molecule has 2 aromatic heterocycles. The van der Waals surface area contributed by atoms with Gasteiger partial charge in [-0.25, -0.2) is 4.98 Å². The Morgan fingerprint density at radius 3 is 2.95 bits per heavy atom. The van der Waals surface area contributed by atoms with Gasteiger partial charge in [-0.05, 0) is 25.8 Å². The van der Waals surface area contributed by atoms with Gasteiger partial charge in [0.05, 0.1) is 11.9 Å². The zero-order valence-electron chi connectivity index (χ0n) is 12.3. The summed E-state index contributed by atoms with van der Waals surface area (Å²) in [7, 11) is 0. The third-order valence-corrected chi connectivity index (χ3v) is 3.91. The summed E-state index contributed by atoms with van der Waals surface area (Å²) in [6.07, 6.45) is 5.58. The van der Waals surface area contributed by atoms with Gasteiger partial charge in [-0.3, -0.25) is 14.9 Å². The van der Waals surface area contributed by atoms with Crippen molar-refractivity contribution in [3.05, 3.63) is 29.8 Å². The third-order valence-electron chi connectivity index (χ3n) is 3.91. The molecule has 0 bridgehead atoms. The first kappa shape index (κ1) is 13.7. The zero-order chi connectivity index (χ0) is 14.8. The second kappa shape index (κ2) is 5.63. The van der Waals surface area contributed by atoms with Crippen LogP contribution < -0.4 is 0 Å². The van der Waals surface area contributed by atoms with Gasteiger partial charge in [-0.15, -0.1) is 0 Å². The van der Waals surface area contributed by atoms with Gasteiger partial charge < -0.3 is 4.90 Å². The lowest BCUT2D eigenvalue weighted by Crippen LogP contribution is -2.37. The van der Waals surface area contributed by atoms with Crippen molar-refractivity contribution in [1.82, 2.24) is 25.1 Å². The van der Waals surface area contributed by atoms with Crippen LogP contribution in [0.3, 0.4) is 0 Å². The quantitative estimate of drug-likeness (QED) is 0.914. The number of aromatic nitrogens is 4. The van der Waals surface area contributed by atoms with Crippen molar-refractivity contribution >= 4 is 5.91 Å². The van der Waals surface area contributed by atoms with Crippen LogP contribution in [0.4, 0.5) is 0 Å². The number of aromatic amines is 1. The average Bonchev–Trinajstić information content (AvgIpc) is 2.94. The van der Waals surface area contributed by atoms with Crippen molar-refractivity contribution in [3.63, 3.8) is 0 Å². The number of aryl methyl sites for hydroxylation is 1. The molecule has 1 unspecified atom stereocenters. The molecule has 1 fully saturated rings.